The Labute approximate surface area is 338 Å². The van der Waals surface area contributed by atoms with E-state index in [1.165, 1.54) is 70.0 Å². The Morgan fingerprint density at radius 3 is 1.32 bits per heavy atom. The Kier molecular flexibility index (Phi) is 6.69. The maximum Gasteiger partial charge on any atom is 0.164 e. The van der Waals surface area contributed by atoms with Gasteiger partial charge in [0.25, 0.3) is 0 Å². The molecule has 0 unspecified atom stereocenters. The smallest absolute Gasteiger partial charge is 0.164 e. The summed E-state index contributed by atoms with van der Waals surface area (Å²) in [7, 11) is 0. The van der Waals surface area contributed by atoms with Crippen LogP contribution in [0.15, 0.2) is 194 Å². The molecule has 2 heterocycles. The Balaban J connectivity index is 1.10. The van der Waals surface area contributed by atoms with Crippen molar-refractivity contribution in [3.8, 4) is 39.9 Å². The molecule has 0 aliphatic carbocycles. The largest absolute Gasteiger partial charge is 0.309 e. The van der Waals surface area contributed by atoms with E-state index in [2.05, 4.69) is 180 Å². The third-order valence-corrected chi connectivity index (χ3v) is 12.3. The van der Waals surface area contributed by atoms with Gasteiger partial charge >= 0.3 is 0 Å². The van der Waals surface area contributed by atoms with Crippen LogP contribution in [0.3, 0.4) is 0 Å². The van der Waals surface area contributed by atoms with Gasteiger partial charge < -0.3 is 4.57 Å². The number of para-hydroxylation sites is 2. The predicted molar refractivity (Wildman–Crippen MR) is 247 cm³/mol. The molecular weight excluding hydrogens is 717 g/mol. The summed E-state index contributed by atoms with van der Waals surface area (Å²) in [6, 6.07) is 69.8. The van der Waals surface area contributed by atoms with Gasteiger partial charge in [-0.05, 0) is 101 Å². The van der Waals surface area contributed by atoms with Crippen LogP contribution < -0.4 is 0 Å². The van der Waals surface area contributed by atoms with Gasteiger partial charge in [0.15, 0.2) is 17.5 Å². The van der Waals surface area contributed by atoms with Crippen LogP contribution >= 0.6 is 0 Å². The molecule has 59 heavy (non-hydrogen) atoms. The Bertz CT molecular complexity index is 3790. The van der Waals surface area contributed by atoms with Crippen LogP contribution in [0.4, 0.5) is 0 Å². The third kappa shape index (κ3) is 4.75. The molecule has 0 N–H and O–H groups in total. The first-order valence-electron chi connectivity index (χ1n) is 20.1. The summed E-state index contributed by atoms with van der Waals surface area (Å²) in [4.78, 5) is 15.8. The highest BCUT2D eigenvalue weighted by Gasteiger charge is 2.19. The fraction of sp³-hybridized carbons (Fsp3) is 0. The van der Waals surface area contributed by atoms with E-state index in [4.69, 9.17) is 15.0 Å². The van der Waals surface area contributed by atoms with Crippen LogP contribution in [-0.4, -0.2) is 19.5 Å². The summed E-state index contributed by atoms with van der Waals surface area (Å²) in [5.74, 6) is 1.90. The molecule has 0 saturated heterocycles. The maximum atomic E-state index is 5.34. The van der Waals surface area contributed by atoms with Gasteiger partial charge in [0.1, 0.15) is 0 Å². The Morgan fingerprint density at radius 2 is 0.712 bits per heavy atom. The fourth-order valence-electron chi connectivity index (χ4n) is 9.75. The molecule has 272 valence electrons. The first-order valence-corrected chi connectivity index (χ1v) is 20.1. The number of benzene rings is 10. The van der Waals surface area contributed by atoms with Crippen molar-refractivity contribution in [2.75, 3.05) is 0 Å². The van der Waals surface area contributed by atoms with E-state index in [0.29, 0.717) is 17.5 Å². The fourth-order valence-corrected chi connectivity index (χ4v) is 9.75. The summed E-state index contributed by atoms with van der Waals surface area (Å²) < 4.78 is 2.34. The highest BCUT2D eigenvalue weighted by Crippen LogP contribution is 2.44. The maximum absolute atomic E-state index is 5.34. The first-order chi connectivity index (χ1) is 29.2. The number of rotatable bonds is 4. The normalized spacial score (nSPS) is 12.1. The molecule has 4 nitrogen and oxygen atoms in total. The quantitative estimate of drug-likeness (QED) is 0.168. The van der Waals surface area contributed by atoms with Gasteiger partial charge in [-0.3, -0.25) is 0 Å². The van der Waals surface area contributed by atoms with Gasteiger partial charge in [0, 0.05) is 33.2 Å². The molecule has 0 aliphatic rings. The Morgan fingerprint density at radius 1 is 0.271 bits per heavy atom. The van der Waals surface area contributed by atoms with Crippen molar-refractivity contribution < 1.29 is 0 Å². The van der Waals surface area contributed by atoms with Crippen LogP contribution in [0.1, 0.15) is 0 Å². The van der Waals surface area contributed by atoms with Gasteiger partial charge in [0.05, 0.1) is 11.0 Å². The molecule has 11 aromatic carbocycles. The molecule has 0 aliphatic heterocycles. The molecule has 2 aromatic heterocycles. The predicted octanol–water partition coefficient (Wildman–Crippen LogP) is 14.3. The third-order valence-electron chi connectivity index (χ3n) is 12.3. The van der Waals surface area contributed by atoms with Gasteiger partial charge in [-0.1, -0.05) is 158 Å². The van der Waals surface area contributed by atoms with Crippen LogP contribution in [0.25, 0.3) is 126 Å². The average Bonchev–Trinajstić information content (AvgIpc) is 3.64. The summed E-state index contributed by atoms with van der Waals surface area (Å²) >= 11 is 0. The molecule has 0 spiro atoms. The molecule has 0 bridgehead atoms. The van der Waals surface area contributed by atoms with Crippen molar-refractivity contribution in [2.24, 2.45) is 0 Å². The number of aromatic nitrogens is 4. The highest BCUT2D eigenvalue weighted by molar-refractivity contribution is 6.37. The van der Waals surface area contributed by atoms with Gasteiger partial charge in [0.2, 0.25) is 0 Å². The van der Waals surface area contributed by atoms with Crippen LogP contribution in [-0.2, 0) is 0 Å². The monoisotopic (exact) mass is 748 g/mol. The second-order valence-corrected chi connectivity index (χ2v) is 15.6. The van der Waals surface area contributed by atoms with Gasteiger partial charge in [-0.2, -0.15) is 0 Å². The SMILES string of the molecule is c1ccc(-c2nc(-c3cccc(-n4c5ccccc5c5ccccc54)c3)nc(-c3cc4ccc5cccc6c7cccc8ccc9cccc(c(c3)c4c56)c9c87)n2)cc1. The molecule has 13 rings (SSSR count). The van der Waals surface area contributed by atoms with Crippen LogP contribution in [0.5, 0.6) is 0 Å². The minimum Gasteiger partial charge on any atom is -0.309 e. The minimum atomic E-state index is 0.626. The zero-order valence-corrected chi connectivity index (χ0v) is 31.8. The summed E-state index contributed by atoms with van der Waals surface area (Å²) in [5.41, 5.74) is 6.18. The molecule has 0 fully saturated rings. The summed E-state index contributed by atoms with van der Waals surface area (Å²) in [6.07, 6.45) is 0. The van der Waals surface area contributed by atoms with Crippen molar-refractivity contribution in [1.29, 1.82) is 0 Å². The standard InChI is InChI=1S/C55H32N4/c1-2-12-36(13-3-1)53-56-54(38-17-8-18-40(31-38)59-47-24-6-4-19-41(47)42-20-5-7-25-48(42)59)58-55(57-53)39-30-37-29-28-35-15-10-22-44-43-21-9-14-33-26-27-34-16-11-23-45(51(34)49(33)43)46(32-39)52(37)50(35)44/h1-32H. The van der Waals surface area contributed by atoms with Crippen molar-refractivity contribution >= 4 is 86.4 Å². The second-order valence-electron chi connectivity index (χ2n) is 15.6. The van der Waals surface area contributed by atoms with Crippen LogP contribution in [0.2, 0.25) is 0 Å². The second kappa shape index (κ2) is 12.3. The Hall–Kier alpha value is -7.95. The first kappa shape index (κ1) is 32.2. The average molecular weight is 749 g/mol. The molecule has 0 atom stereocenters. The lowest BCUT2D eigenvalue weighted by molar-refractivity contribution is 1.07. The van der Waals surface area contributed by atoms with Crippen molar-refractivity contribution in [1.82, 2.24) is 19.5 Å². The molecule has 4 heteroatoms. The van der Waals surface area contributed by atoms with Crippen molar-refractivity contribution in [3.63, 3.8) is 0 Å². The van der Waals surface area contributed by atoms with Crippen molar-refractivity contribution in [2.45, 2.75) is 0 Å². The van der Waals surface area contributed by atoms with E-state index in [0.717, 1.165) is 38.8 Å². The van der Waals surface area contributed by atoms with E-state index in [-0.39, 0.29) is 0 Å². The van der Waals surface area contributed by atoms with E-state index >= 15 is 0 Å². The number of nitrogens with zero attached hydrogens (tertiary/aromatic N) is 4. The molecule has 0 saturated carbocycles. The minimum absolute atomic E-state index is 0.626. The number of hydrogen-bond acceptors (Lipinski definition) is 3. The lowest BCUT2D eigenvalue weighted by atomic mass is 9.87. The number of fused-ring (bicyclic) bond motifs is 5. The molecular formula is C55H32N4. The molecule has 0 amide bonds. The van der Waals surface area contributed by atoms with Crippen molar-refractivity contribution in [3.05, 3.63) is 194 Å². The van der Waals surface area contributed by atoms with Gasteiger partial charge in [-0.25, -0.2) is 15.0 Å². The summed E-state index contributed by atoms with van der Waals surface area (Å²) in [5, 5.41) is 17.3. The zero-order valence-electron chi connectivity index (χ0n) is 31.8. The number of hydrogen-bond donors (Lipinski definition) is 0. The zero-order chi connectivity index (χ0) is 38.6. The van der Waals surface area contributed by atoms with E-state index in [1.807, 2.05) is 18.2 Å². The summed E-state index contributed by atoms with van der Waals surface area (Å²) in [6.45, 7) is 0. The highest BCUT2D eigenvalue weighted by atomic mass is 15.0. The lowest BCUT2D eigenvalue weighted by Gasteiger charge is -2.17. The topological polar surface area (TPSA) is 43.6 Å². The van der Waals surface area contributed by atoms with Gasteiger partial charge in [-0.15, -0.1) is 0 Å². The van der Waals surface area contributed by atoms with E-state index < -0.39 is 0 Å². The molecule has 0 radical (unpaired) electrons. The van der Waals surface area contributed by atoms with E-state index in [1.54, 1.807) is 0 Å². The lowest BCUT2D eigenvalue weighted by Crippen LogP contribution is -2.01. The van der Waals surface area contributed by atoms with E-state index in [9.17, 15) is 0 Å². The molecule has 13 aromatic rings. The van der Waals surface area contributed by atoms with Crippen LogP contribution in [0, 0.1) is 0 Å².